The van der Waals surface area contributed by atoms with Gasteiger partial charge in [0, 0.05) is 0 Å². The van der Waals surface area contributed by atoms with Crippen molar-refractivity contribution in [3.8, 4) is 0 Å². The molecular weight excluding hydrogens is 379 g/mol. The van der Waals surface area contributed by atoms with Crippen LogP contribution in [0.25, 0.3) is 0 Å². The Kier molecular flexibility index (Phi) is 8.86. The van der Waals surface area contributed by atoms with E-state index in [1.165, 1.54) is 11.6 Å². The van der Waals surface area contributed by atoms with Crippen molar-refractivity contribution in [2.45, 2.75) is 58.4 Å². The van der Waals surface area contributed by atoms with Gasteiger partial charge in [0.1, 0.15) is 6.29 Å². The first-order valence-electron chi connectivity index (χ1n) is 6.87. The fraction of sp³-hybridized carbons (Fsp3) is 0.562. The molecule has 0 unspecified atom stereocenters. The highest BCUT2D eigenvalue weighted by atomic mass is 127. The lowest BCUT2D eigenvalue weighted by atomic mass is 10.1. The number of halogens is 1. The molecule has 0 aromatic rings. The minimum absolute atomic E-state index is 0.119. The van der Waals surface area contributed by atoms with Gasteiger partial charge < -0.3 is 4.43 Å². The zero-order valence-electron chi connectivity index (χ0n) is 13.4. The Morgan fingerprint density at radius 1 is 1.25 bits per heavy atom. The first kappa shape index (κ1) is 19.8. The second-order valence-corrected chi connectivity index (χ2v) is 11.8. The van der Waals surface area contributed by atoms with Crippen LogP contribution in [0.15, 0.2) is 34.0 Å². The molecule has 0 radical (unpaired) electrons. The van der Waals surface area contributed by atoms with E-state index in [1.54, 1.807) is 6.08 Å². The van der Waals surface area contributed by atoms with Gasteiger partial charge in [0.15, 0.2) is 8.32 Å². The van der Waals surface area contributed by atoms with Gasteiger partial charge in [0.25, 0.3) is 0 Å². The summed E-state index contributed by atoms with van der Waals surface area (Å²) in [7, 11) is -1.77. The van der Waals surface area contributed by atoms with Crippen LogP contribution in [0, 0.1) is 0 Å². The molecule has 20 heavy (non-hydrogen) atoms. The molecule has 0 rings (SSSR count). The van der Waals surface area contributed by atoms with Crippen molar-refractivity contribution in [1.29, 1.82) is 0 Å². The summed E-state index contributed by atoms with van der Waals surface area (Å²) in [6.07, 6.45) is 8.93. The molecule has 2 nitrogen and oxygen atoms in total. The average molecular weight is 406 g/mol. The second kappa shape index (κ2) is 8.95. The van der Waals surface area contributed by atoms with Crippen molar-refractivity contribution >= 4 is 37.2 Å². The first-order chi connectivity index (χ1) is 9.15. The largest absolute Gasteiger partial charge is 0.410 e. The van der Waals surface area contributed by atoms with Crippen LogP contribution in [0.5, 0.6) is 0 Å². The Balaban J connectivity index is 4.88. The van der Waals surface area contributed by atoms with Crippen molar-refractivity contribution in [3.63, 3.8) is 0 Å². The smallest absolute Gasteiger partial charge is 0.192 e. The summed E-state index contributed by atoms with van der Waals surface area (Å²) in [4.78, 5) is 10.2. The number of carbonyl (C=O) groups is 1. The summed E-state index contributed by atoms with van der Waals surface area (Å²) < 4.78 is 8.57. The van der Waals surface area contributed by atoms with Crippen molar-refractivity contribution in [3.05, 3.63) is 34.0 Å². The maximum Gasteiger partial charge on any atom is 0.192 e. The predicted molar refractivity (Wildman–Crippen MR) is 98.8 cm³/mol. The minimum atomic E-state index is -1.77. The van der Waals surface area contributed by atoms with Gasteiger partial charge in [0.05, 0.1) is 6.10 Å². The van der Waals surface area contributed by atoms with Crippen LogP contribution in [0.2, 0.25) is 18.1 Å². The third kappa shape index (κ3) is 6.99. The molecule has 0 N–H and O–H groups in total. The molecule has 114 valence electrons. The fourth-order valence-electron chi connectivity index (χ4n) is 1.32. The molecule has 0 bridgehead atoms. The van der Waals surface area contributed by atoms with Crippen LogP contribution in [-0.2, 0) is 9.22 Å². The van der Waals surface area contributed by atoms with E-state index in [2.05, 4.69) is 73.5 Å². The van der Waals surface area contributed by atoms with Crippen LogP contribution >= 0.6 is 22.6 Å². The number of hydrogen-bond donors (Lipinski definition) is 0. The Labute approximate surface area is 138 Å². The van der Waals surface area contributed by atoms with Crippen LogP contribution in [-0.4, -0.2) is 20.7 Å². The third-order valence-electron chi connectivity index (χ3n) is 3.71. The average Bonchev–Trinajstić information content (AvgIpc) is 2.34. The maximum atomic E-state index is 10.2. The molecule has 0 aliphatic heterocycles. The Morgan fingerprint density at radius 3 is 2.30 bits per heavy atom. The van der Waals surface area contributed by atoms with E-state index < -0.39 is 8.32 Å². The molecule has 0 fully saturated rings. The van der Waals surface area contributed by atoms with Gasteiger partial charge in [-0.3, -0.25) is 4.79 Å². The lowest BCUT2D eigenvalue weighted by Gasteiger charge is -2.39. The van der Waals surface area contributed by atoms with E-state index in [0.717, 1.165) is 12.7 Å². The molecule has 1 atom stereocenters. The van der Waals surface area contributed by atoms with Crippen LogP contribution in [0.3, 0.4) is 0 Å². The normalized spacial score (nSPS) is 16.1. The van der Waals surface area contributed by atoms with E-state index >= 15 is 0 Å². The fourth-order valence-corrected chi connectivity index (χ4v) is 3.07. The third-order valence-corrected chi connectivity index (χ3v) is 9.18. The molecule has 0 saturated carbocycles. The molecule has 4 heteroatoms. The summed E-state index contributed by atoms with van der Waals surface area (Å²) in [5.74, 6) is 0. The molecule has 0 aliphatic carbocycles. The van der Waals surface area contributed by atoms with Crippen molar-refractivity contribution in [1.82, 2.24) is 0 Å². The SMILES string of the molecule is C/C(=C\I)[C@H](C/C=C/C=C/C=O)O[Si](C)(C)C(C)(C)C. The van der Waals surface area contributed by atoms with Crippen molar-refractivity contribution in [2.75, 3.05) is 0 Å². The molecule has 0 heterocycles. The lowest BCUT2D eigenvalue weighted by molar-refractivity contribution is -0.104. The van der Waals surface area contributed by atoms with Crippen LogP contribution in [0.4, 0.5) is 0 Å². The highest BCUT2D eigenvalue weighted by Crippen LogP contribution is 2.38. The van der Waals surface area contributed by atoms with Gasteiger partial charge in [0.2, 0.25) is 0 Å². The summed E-state index contributed by atoms with van der Waals surface area (Å²) in [6.45, 7) is 13.4. The van der Waals surface area contributed by atoms with Gasteiger partial charge in [-0.15, -0.1) is 0 Å². The molecule has 0 saturated heterocycles. The Hall–Kier alpha value is -0.203. The van der Waals surface area contributed by atoms with Crippen LogP contribution < -0.4 is 0 Å². The van der Waals surface area contributed by atoms with Gasteiger partial charge in [-0.25, -0.2) is 0 Å². The molecule has 0 aromatic heterocycles. The minimum Gasteiger partial charge on any atom is -0.410 e. The predicted octanol–water partition coefficient (Wildman–Crippen LogP) is 5.42. The molecule has 0 spiro atoms. The quantitative estimate of drug-likeness (QED) is 0.186. The standard InChI is InChI=1S/C16H27IO2Si/c1-14(13-17)15(11-9-7-8-10-12-18)19-20(5,6)16(2,3)4/h7-10,12-13,15H,11H2,1-6H3/b9-7+,10-8+,14-13+/t15-/m0/s1. The zero-order valence-corrected chi connectivity index (χ0v) is 16.6. The van der Waals surface area contributed by atoms with E-state index in [-0.39, 0.29) is 11.1 Å². The monoisotopic (exact) mass is 406 g/mol. The van der Waals surface area contributed by atoms with Gasteiger partial charge in [-0.2, -0.15) is 0 Å². The Bertz CT molecular complexity index is 390. The van der Waals surface area contributed by atoms with Crippen molar-refractivity contribution < 1.29 is 9.22 Å². The Morgan fingerprint density at radius 2 is 1.85 bits per heavy atom. The first-order valence-corrected chi connectivity index (χ1v) is 11.0. The number of aldehydes is 1. The molecule has 0 aromatic carbocycles. The summed E-state index contributed by atoms with van der Waals surface area (Å²) in [5, 5.41) is 0.206. The van der Waals surface area contributed by atoms with Gasteiger partial charge in [-0.05, 0) is 47.2 Å². The summed E-state index contributed by atoms with van der Waals surface area (Å²) >= 11 is 2.26. The summed E-state index contributed by atoms with van der Waals surface area (Å²) in [5.41, 5.74) is 1.25. The van der Waals surface area contributed by atoms with E-state index in [4.69, 9.17) is 4.43 Å². The number of hydrogen-bond acceptors (Lipinski definition) is 2. The topological polar surface area (TPSA) is 26.3 Å². The zero-order chi connectivity index (χ0) is 15.8. The van der Waals surface area contributed by atoms with Gasteiger partial charge in [-0.1, -0.05) is 61.6 Å². The van der Waals surface area contributed by atoms with Gasteiger partial charge >= 0.3 is 0 Å². The summed E-state index contributed by atoms with van der Waals surface area (Å²) in [6, 6.07) is 0. The second-order valence-electron chi connectivity index (χ2n) is 6.40. The maximum absolute atomic E-state index is 10.2. The molecule has 0 amide bonds. The van der Waals surface area contributed by atoms with E-state index in [1.807, 2.05) is 6.08 Å². The van der Waals surface area contributed by atoms with Crippen molar-refractivity contribution in [2.24, 2.45) is 0 Å². The number of rotatable bonds is 7. The van der Waals surface area contributed by atoms with Crippen LogP contribution in [0.1, 0.15) is 34.1 Å². The van der Waals surface area contributed by atoms with E-state index in [0.29, 0.717) is 0 Å². The molecular formula is C16H27IO2Si. The molecule has 0 aliphatic rings. The highest BCUT2D eigenvalue weighted by Gasteiger charge is 2.39. The van der Waals surface area contributed by atoms with E-state index in [9.17, 15) is 4.79 Å². The lowest BCUT2D eigenvalue weighted by Crippen LogP contribution is -2.44. The number of carbonyl (C=O) groups excluding carboxylic acids is 1. The number of allylic oxidation sites excluding steroid dienone is 3. The highest BCUT2D eigenvalue weighted by molar-refractivity contribution is 14.1.